The Morgan fingerprint density at radius 2 is 1.86 bits per heavy atom. The fraction of sp³-hybridized carbons (Fsp3) is 0.100. The first-order chi connectivity index (χ1) is 13.6. The zero-order valence-electron chi connectivity index (χ0n) is 14.7. The number of H-pyrrole nitrogens is 1. The van der Waals surface area contributed by atoms with Crippen LogP contribution < -0.4 is 10.9 Å². The van der Waals surface area contributed by atoms with Crippen molar-refractivity contribution in [2.75, 3.05) is 5.32 Å². The fourth-order valence-corrected chi connectivity index (χ4v) is 2.94. The number of rotatable bonds is 5. The van der Waals surface area contributed by atoms with Crippen molar-refractivity contribution < 1.29 is 4.79 Å². The number of carbonyl (C=O) groups excluding carboxylic acids is 1. The summed E-state index contributed by atoms with van der Waals surface area (Å²) in [5.74, 6) is 0.720. The summed E-state index contributed by atoms with van der Waals surface area (Å²) in [6.07, 6.45) is 0.892. The average molecular weight is 394 g/mol. The molecule has 0 aliphatic carbocycles. The van der Waals surface area contributed by atoms with E-state index in [1.165, 1.54) is 10.6 Å². The maximum absolute atomic E-state index is 12.4. The maximum Gasteiger partial charge on any atom is 0.254 e. The van der Waals surface area contributed by atoms with Crippen LogP contribution in [0.15, 0.2) is 65.5 Å². The quantitative estimate of drug-likeness (QED) is 0.544. The third-order valence-corrected chi connectivity index (χ3v) is 4.44. The van der Waals surface area contributed by atoms with Crippen molar-refractivity contribution in [2.24, 2.45) is 0 Å². The van der Waals surface area contributed by atoms with Gasteiger partial charge in [-0.1, -0.05) is 41.9 Å². The van der Waals surface area contributed by atoms with Crippen molar-refractivity contribution >= 4 is 29.1 Å². The third-order valence-electron chi connectivity index (χ3n) is 4.19. The van der Waals surface area contributed by atoms with Crippen LogP contribution in [0.4, 0.5) is 5.82 Å². The number of fused-ring (bicyclic) bond motifs is 1. The second-order valence-corrected chi connectivity index (χ2v) is 6.67. The lowest BCUT2D eigenvalue weighted by Crippen LogP contribution is -2.19. The lowest BCUT2D eigenvalue weighted by Gasteiger charge is -2.06. The minimum Gasteiger partial charge on any atom is -0.310 e. The van der Waals surface area contributed by atoms with Crippen LogP contribution in [0.5, 0.6) is 0 Å². The monoisotopic (exact) mass is 393 g/mol. The van der Waals surface area contributed by atoms with Crippen LogP contribution in [-0.4, -0.2) is 25.5 Å². The summed E-state index contributed by atoms with van der Waals surface area (Å²) in [6.45, 7) is 0. The molecular formula is C20H16ClN5O2. The van der Waals surface area contributed by atoms with Gasteiger partial charge in [0.15, 0.2) is 5.82 Å². The molecule has 0 unspecified atom stereocenters. The molecule has 28 heavy (non-hydrogen) atoms. The Bertz CT molecular complexity index is 1180. The van der Waals surface area contributed by atoms with E-state index in [0.29, 0.717) is 17.3 Å². The number of carbonyl (C=O) groups is 1. The first-order valence-corrected chi connectivity index (χ1v) is 9.06. The topological polar surface area (TPSA) is 92.1 Å². The van der Waals surface area contributed by atoms with E-state index < -0.39 is 0 Å². The van der Waals surface area contributed by atoms with Crippen molar-refractivity contribution in [1.82, 2.24) is 19.6 Å². The Morgan fingerprint density at radius 1 is 1.11 bits per heavy atom. The molecule has 0 spiro atoms. The van der Waals surface area contributed by atoms with E-state index in [-0.39, 0.29) is 29.5 Å². The van der Waals surface area contributed by atoms with Crippen LogP contribution >= 0.6 is 11.6 Å². The second-order valence-electron chi connectivity index (χ2n) is 6.23. The van der Waals surface area contributed by atoms with Crippen molar-refractivity contribution in [3.05, 3.63) is 81.6 Å². The van der Waals surface area contributed by atoms with E-state index in [4.69, 9.17) is 11.6 Å². The Morgan fingerprint density at radius 3 is 2.61 bits per heavy atom. The van der Waals surface area contributed by atoms with Crippen LogP contribution in [0.1, 0.15) is 12.0 Å². The average Bonchev–Trinajstić information content (AvgIpc) is 3.12. The lowest BCUT2D eigenvalue weighted by atomic mass is 10.1. The molecule has 2 heterocycles. The molecule has 7 nitrogen and oxygen atoms in total. The van der Waals surface area contributed by atoms with Gasteiger partial charge in [-0.25, -0.2) is 0 Å². The highest BCUT2D eigenvalue weighted by Crippen LogP contribution is 2.19. The molecule has 2 aromatic heterocycles. The molecule has 4 rings (SSSR count). The molecule has 0 bridgehead atoms. The molecular weight excluding hydrogens is 378 g/mol. The molecule has 0 radical (unpaired) electrons. The largest absolute Gasteiger partial charge is 0.310 e. The zero-order valence-corrected chi connectivity index (χ0v) is 15.5. The van der Waals surface area contributed by atoms with Gasteiger partial charge in [0.25, 0.3) is 5.56 Å². The van der Waals surface area contributed by atoms with Crippen LogP contribution in [0.25, 0.3) is 17.2 Å². The number of nitrogens with zero attached hydrogens (tertiary/aromatic N) is 3. The molecule has 0 fully saturated rings. The number of amides is 1. The van der Waals surface area contributed by atoms with Gasteiger partial charge in [0.05, 0.1) is 0 Å². The number of anilines is 1. The summed E-state index contributed by atoms with van der Waals surface area (Å²) in [7, 11) is 0. The molecule has 0 atom stereocenters. The summed E-state index contributed by atoms with van der Waals surface area (Å²) in [5.41, 5.74) is 1.44. The molecule has 0 aliphatic rings. The van der Waals surface area contributed by atoms with E-state index in [9.17, 15) is 9.59 Å². The van der Waals surface area contributed by atoms with Crippen molar-refractivity contribution in [1.29, 1.82) is 0 Å². The molecule has 0 saturated heterocycles. The van der Waals surface area contributed by atoms with Gasteiger partial charge < -0.3 is 5.32 Å². The molecule has 8 heteroatoms. The van der Waals surface area contributed by atoms with Gasteiger partial charge >= 0.3 is 0 Å². The first-order valence-electron chi connectivity index (χ1n) is 8.68. The van der Waals surface area contributed by atoms with E-state index in [0.717, 1.165) is 11.1 Å². The molecule has 2 aromatic carbocycles. The smallest absolute Gasteiger partial charge is 0.254 e. The summed E-state index contributed by atoms with van der Waals surface area (Å²) in [6, 6.07) is 18.1. The number of halogens is 1. The van der Waals surface area contributed by atoms with Gasteiger partial charge in [-0.3, -0.25) is 14.6 Å². The van der Waals surface area contributed by atoms with Crippen molar-refractivity contribution in [2.45, 2.75) is 12.8 Å². The Balaban J connectivity index is 1.58. The molecule has 0 aliphatic heterocycles. The maximum atomic E-state index is 12.4. The van der Waals surface area contributed by atoms with Crippen LogP contribution in [0, 0.1) is 0 Å². The number of hydrogen-bond acceptors (Lipinski definition) is 4. The summed E-state index contributed by atoms with van der Waals surface area (Å²) < 4.78 is 1.41. The van der Waals surface area contributed by atoms with Crippen molar-refractivity contribution in [3.63, 3.8) is 0 Å². The van der Waals surface area contributed by atoms with E-state index >= 15 is 0 Å². The molecule has 2 N–H and O–H groups in total. The number of hydrogen-bond donors (Lipinski definition) is 2. The highest BCUT2D eigenvalue weighted by molar-refractivity contribution is 6.30. The number of benzene rings is 2. The minimum absolute atomic E-state index is 0.209. The standard InChI is InChI=1S/C20H16ClN5O2/c21-15-9-7-14(8-10-15)19-24-20-23-18(28)12-16(26(20)25-19)22-17(27)11-6-13-4-2-1-3-5-13/h1-5,7-10,12H,6,11H2,(H,22,27)(H,23,24,25,28). The van der Waals surface area contributed by atoms with E-state index in [1.807, 2.05) is 30.3 Å². The minimum atomic E-state index is -0.374. The van der Waals surface area contributed by atoms with Gasteiger partial charge in [-0.15, -0.1) is 5.10 Å². The van der Waals surface area contributed by atoms with Gasteiger partial charge in [-0.2, -0.15) is 9.50 Å². The van der Waals surface area contributed by atoms with Gasteiger partial charge in [0.1, 0.15) is 5.82 Å². The SMILES string of the molecule is O=C(CCc1ccccc1)Nc1cc(=O)[nH]c2nc(-c3ccc(Cl)cc3)nn12. The van der Waals surface area contributed by atoms with E-state index in [1.54, 1.807) is 24.3 Å². The molecule has 4 aromatic rings. The zero-order chi connectivity index (χ0) is 19.5. The molecule has 140 valence electrons. The van der Waals surface area contributed by atoms with Crippen molar-refractivity contribution in [3.8, 4) is 11.4 Å². The number of aryl methyl sites for hydroxylation is 1. The second kappa shape index (κ2) is 7.66. The lowest BCUT2D eigenvalue weighted by molar-refractivity contribution is -0.116. The first kappa shape index (κ1) is 17.9. The molecule has 0 saturated carbocycles. The van der Waals surface area contributed by atoms with Crippen LogP contribution in [0.2, 0.25) is 5.02 Å². The Labute approximate surface area is 165 Å². The van der Waals surface area contributed by atoms with Gasteiger partial charge in [0.2, 0.25) is 11.7 Å². The summed E-state index contributed by atoms with van der Waals surface area (Å²) in [5, 5.41) is 7.76. The predicted molar refractivity (Wildman–Crippen MR) is 107 cm³/mol. The van der Waals surface area contributed by atoms with Gasteiger partial charge in [0, 0.05) is 23.1 Å². The Hall–Kier alpha value is -3.45. The van der Waals surface area contributed by atoms with Crippen LogP contribution in [-0.2, 0) is 11.2 Å². The normalized spacial score (nSPS) is 10.9. The van der Waals surface area contributed by atoms with Gasteiger partial charge in [-0.05, 0) is 36.2 Å². The highest BCUT2D eigenvalue weighted by Gasteiger charge is 2.13. The number of aromatic nitrogens is 4. The third kappa shape index (κ3) is 3.94. The fourth-order valence-electron chi connectivity index (χ4n) is 2.81. The van der Waals surface area contributed by atoms with E-state index in [2.05, 4.69) is 20.4 Å². The predicted octanol–water partition coefficient (Wildman–Crippen LogP) is 3.31. The highest BCUT2D eigenvalue weighted by atomic mass is 35.5. The number of aromatic amines is 1. The Kier molecular flexibility index (Phi) is 4.90. The molecule has 1 amide bonds. The van der Waals surface area contributed by atoms with Crippen LogP contribution in [0.3, 0.4) is 0 Å². The summed E-state index contributed by atoms with van der Waals surface area (Å²) in [4.78, 5) is 31.3. The number of nitrogens with one attached hydrogen (secondary N) is 2. The summed E-state index contributed by atoms with van der Waals surface area (Å²) >= 11 is 5.91.